The maximum atomic E-state index is 13.4. The topological polar surface area (TPSA) is 69.4 Å². The second kappa shape index (κ2) is 5.64. The fourth-order valence-electron chi connectivity index (χ4n) is 2.07. The van der Waals surface area contributed by atoms with Crippen LogP contribution in [0.3, 0.4) is 0 Å². The smallest absolute Gasteiger partial charge is 0.345 e. The van der Waals surface area contributed by atoms with Crippen molar-refractivity contribution in [1.29, 1.82) is 0 Å². The van der Waals surface area contributed by atoms with E-state index in [0.29, 0.717) is 0 Å². The number of rotatable bonds is 3. The molecule has 0 aromatic heterocycles. The highest BCUT2D eigenvalue weighted by Gasteiger charge is 2.27. The lowest BCUT2D eigenvalue weighted by atomic mass is 10.1. The highest BCUT2D eigenvalue weighted by molar-refractivity contribution is 9.10. The number of halogens is 2. The van der Waals surface area contributed by atoms with Crippen molar-refractivity contribution < 1.29 is 18.8 Å². The van der Waals surface area contributed by atoms with E-state index in [1.54, 1.807) is 0 Å². The molecule has 0 radical (unpaired) electrons. The lowest BCUT2D eigenvalue weighted by Crippen LogP contribution is -2.16. The van der Waals surface area contributed by atoms with Crippen molar-refractivity contribution in [2.45, 2.75) is 31.8 Å². The fraction of sp³-hybridized carbons (Fsp3) is 0.417. The van der Waals surface area contributed by atoms with Crippen LogP contribution in [-0.4, -0.2) is 17.0 Å². The summed E-state index contributed by atoms with van der Waals surface area (Å²) in [6.07, 6.45) is 3.21. The number of nitro groups is 1. The third kappa shape index (κ3) is 3.09. The van der Waals surface area contributed by atoms with E-state index < -0.39 is 22.4 Å². The monoisotopic (exact) mass is 331 g/mol. The molecule has 0 bridgehead atoms. The van der Waals surface area contributed by atoms with Gasteiger partial charge in [-0.25, -0.2) is 9.18 Å². The third-order valence-electron chi connectivity index (χ3n) is 3.03. The summed E-state index contributed by atoms with van der Waals surface area (Å²) in [6, 6.07) is 1.81. The quantitative estimate of drug-likeness (QED) is 0.482. The van der Waals surface area contributed by atoms with Gasteiger partial charge in [0.2, 0.25) is 0 Å². The molecule has 2 rings (SSSR count). The predicted octanol–water partition coefficient (Wildman–Crippen LogP) is 3.60. The zero-order valence-corrected chi connectivity index (χ0v) is 11.5. The summed E-state index contributed by atoms with van der Waals surface area (Å²) in [5.74, 6) is -1.58. The average Bonchev–Trinajstić information content (AvgIpc) is 2.84. The Morgan fingerprint density at radius 1 is 1.42 bits per heavy atom. The molecule has 19 heavy (non-hydrogen) atoms. The molecule has 0 heterocycles. The highest BCUT2D eigenvalue weighted by atomic mass is 79.9. The van der Waals surface area contributed by atoms with E-state index in [4.69, 9.17) is 4.74 Å². The number of nitrogens with zero attached hydrogens (tertiary/aromatic N) is 1. The van der Waals surface area contributed by atoms with Crippen LogP contribution in [0.5, 0.6) is 0 Å². The Labute approximate surface area is 117 Å². The molecule has 1 aliphatic carbocycles. The molecule has 0 saturated heterocycles. The SMILES string of the molecule is O=C(OC1CCCC1)c1cc(F)c(Br)cc1[N+](=O)[O-]. The summed E-state index contributed by atoms with van der Waals surface area (Å²) >= 11 is 2.85. The van der Waals surface area contributed by atoms with Crippen LogP contribution in [0, 0.1) is 15.9 Å². The molecule has 7 heteroatoms. The highest BCUT2D eigenvalue weighted by Crippen LogP contribution is 2.29. The van der Waals surface area contributed by atoms with Crippen molar-refractivity contribution in [1.82, 2.24) is 0 Å². The molecule has 1 aromatic carbocycles. The van der Waals surface area contributed by atoms with E-state index in [1.807, 2.05) is 0 Å². The lowest BCUT2D eigenvalue weighted by molar-refractivity contribution is -0.385. The van der Waals surface area contributed by atoms with Gasteiger partial charge in [-0.15, -0.1) is 0 Å². The first kappa shape index (κ1) is 13.9. The molecule has 0 atom stereocenters. The van der Waals surface area contributed by atoms with Crippen LogP contribution in [0.25, 0.3) is 0 Å². The summed E-state index contributed by atoms with van der Waals surface area (Å²) in [5, 5.41) is 10.9. The van der Waals surface area contributed by atoms with Gasteiger partial charge < -0.3 is 4.74 Å². The Morgan fingerprint density at radius 2 is 2.05 bits per heavy atom. The Morgan fingerprint density at radius 3 is 2.63 bits per heavy atom. The van der Waals surface area contributed by atoms with E-state index in [0.717, 1.165) is 37.8 Å². The largest absolute Gasteiger partial charge is 0.459 e. The standard InChI is InChI=1S/C12H11BrFNO4/c13-9-6-11(15(17)18)8(5-10(9)14)12(16)19-7-3-1-2-4-7/h5-7H,1-4H2. The zero-order chi connectivity index (χ0) is 14.0. The van der Waals surface area contributed by atoms with Crippen molar-refractivity contribution in [3.8, 4) is 0 Å². The minimum absolute atomic E-state index is 0.0587. The molecule has 1 saturated carbocycles. The van der Waals surface area contributed by atoms with Gasteiger partial charge in [0.1, 0.15) is 17.5 Å². The Kier molecular flexibility index (Phi) is 4.14. The van der Waals surface area contributed by atoms with Crippen LogP contribution < -0.4 is 0 Å². The maximum absolute atomic E-state index is 13.4. The van der Waals surface area contributed by atoms with E-state index in [-0.39, 0.29) is 16.1 Å². The van der Waals surface area contributed by atoms with Crippen molar-refractivity contribution in [2.75, 3.05) is 0 Å². The number of carbonyl (C=O) groups excluding carboxylic acids is 1. The van der Waals surface area contributed by atoms with E-state index in [9.17, 15) is 19.3 Å². The van der Waals surface area contributed by atoms with Gasteiger partial charge in [0.25, 0.3) is 5.69 Å². The van der Waals surface area contributed by atoms with Crippen molar-refractivity contribution in [2.24, 2.45) is 0 Å². The van der Waals surface area contributed by atoms with Crippen molar-refractivity contribution in [3.63, 3.8) is 0 Å². The molecular weight excluding hydrogens is 321 g/mol. The summed E-state index contributed by atoms with van der Waals surface area (Å²) in [5.41, 5.74) is -0.811. The second-order valence-corrected chi connectivity index (χ2v) is 5.21. The summed E-state index contributed by atoms with van der Waals surface area (Å²) < 4.78 is 18.5. The second-order valence-electron chi connectivity index (χ2n) is 4.35. The van der Waals surface area contributed by atoms with Gasteiger partial charge in [0.15, 0.2) is 0 Å². The first-order chi connectivity index (χ1) is 8.99. The molecule has 1 aliphatic rings. The van der Waals surface area contributed by atoms with Gasteiger partial charge in [0.05, 0.1) is 9.40 Å². The molecular formula is C12H11BrFNO4. The zero-order valence-electron chi connectivity index (χ0n) is 9.90. The Hall–Kier alpha value is -1.50. The molecule has 1 aromatic rings. The number of hydrogen-bond donors (Lipinski definition) is 0. The molecule has 0 aliphatic heterocycles. The molecule has 1 fully saturated rings. The van der Waals surface area contributed by atoms with Gasteiger partial charge in [-0.05, 0) is 47.7 Å². The molecule has 5 nitrogen and oxygen atoms in total. The molecule has 102 valence electrons. The minimum atomic E-state index is -0.843. The number of esters is 1. The van der Waals surface area contributed by atoms with Crippen molar-refractivity contribution >= 4 is 27.6 Å². The number of nitro benzene ring substituents is 1. The van der Waals surface area contributed by atoms with Gasteiger partial charge in [-0.3, -0.25) is 10.1 Å². The maximum Gasteiger partial charge on any atom is 0.345 e. The number of hydrogen-bond acceptors (Lipinski definition) is 4. The first-order valence-corrected chi connectivity index (χ1v) is 6.62. The Balaban J connectivity index is 2.28. The van der Waals surface area contributed by atoms with E-state index in [2.05, 4.69) is 15.9 Å². The van der Waals surface area contributed by atoms with Gasteiger partial charge >= 0.3 is 5.97 Å². The fourth-order valence-corrected chi connectivity index (χ4v) is 2.40. The van der Waals surface area contributed by atoms with Gasteiger partial charge in [-0.2, -0.15) is 0 Å². The van der Waals surface area contributed by atoms with Gasteiger partial charge in [0, 0.05) is 6.07 Å². The number of ether oxygens (including phenoxy) is 1. The molecule has 0 N–H and O–H groups in total. The average molecular weight is 332 g/mol. The van der Waals surface area contributed by atoms with Crippen LogP contribution in [-0.2, 0) is 4.74 Å². The Bertz CT molecular complexity index is 529. The minimum Gasteiger partial charge on any atom is -0.459 e. The summed E-state index contributed by atoms with van der Waals surface area (Å²) in [6.45, 7) is 0. The van der Waals surface area contributed by atoms with Crippen molar-refractivity contribution in [3.05, 3.63) is 38.1 Å². The van der Waals surface area contributed by atoms with E-state index in [1.165, 1.54) is 0 Å². The van der Waals surface area contributed by atoms with E-state index >= 15 is 0 Å². The van der Waals surface area contributed by atoms with Crippen LogP contribution in [0.4, 0.5) is 10.1 Å². The third-order valence-corrected chi connectivity index (χ3v) is 3.64. The summed E-state index contributed by atoms with van der Waals surface area (Å²) in [4.78, 5) is 22.0. The number of carbonyl (C=O) groups is 1. The molecule has 0 spiro atoms. The van der Waals surface area contributed by atoms with Crippen LogP contribution in [0.1, 0.15) is 36.0 Å². The predicted molar refractivity (Wildman–Crippen MR) is 68.4 cm³/mol. The van der Waals surface area contributed by atoms with Crippen LogP contribution in [0.15, 0.2) is 16.6 Å². The lowest BCUT2D eigenvalue weighted by Gasteiger charge is -2.11. The number of benzene rings is 1. The molecule has 0 unspecified atom stereocenters. The summed E-state index contributed by atoms with van der Waals surface area (Å²) in [7, 11) is 0. The molecule has 0 amide bonds. The normalized spacial score (nSPS) is 15.5. The van der Waals surface area contributed by atoms with Gasteiger partial charge in [-0.1, -0.05) is 0 Å². The van der Waals surface area contributed by atoms with Crippen LogP contribution >= 0.6 is 15.9 Å². The first-order valence-electron chi connectivity index (χ1n) is 5.83. The van der Waals surface area contributed by atoms with Crippen LogP contribution in [0.2, 0.25) is 0 Å².